The number of hydrogen-bond acceptors (Lipinski definition) is 2. The van der Waals surface area contributed by atoms with E-state index in [1.807, 2.05) is 31.3 Å². The Hall–Kier alpha value is -1.55. The number of benzene rings is 2. The predicted molar refractivity (Wildman–Crippen MR) is 102 cm³/mol. The fourth-order valence-corrected chi connectivity index (χ4v) is 3.13. The lowest BCUT2D eigenvalue weighted by atomic mass is 10.0. The first-order chi connectivity index (χ1) is 11.3. The highest BCUT2D eigenvalue weighted by Crippen LogP contribution is 2.39. The topological polar surface area (TPSA) is 23.6 Å². The van der Waals surface area contributed by atoms with Crippen LogP contribution in [0.25, 0.3) is 0 Å². The first kappa shape index (κ1) is 18.8. The van der Waals surface area contributed by atoms with Gasteiger partial charge in [0.15, 0.2) is 0 Å². The maximum absolute atomic E-state index is 11.8. The maximum atomic E-state index is 11.8. The summed E-state index contributed by atoms with van der Waals surface area (Å²) >= 11 is 12.7. The quantitative estimate of drug-likeness (QED) is 0.730. The van der Waals surface area contributed by atoms with Crippen LogP contribution in [-0.4, -0.2) is 24.9 Å². The van der Waals surface area contributed by atoms with E-state index in [9.17, 15) is 4.79 Å². The summed E-state index contributed by atoms with van der Waals surface area (Å²) in [5.41, 5.74) is 2.86. The van der Waals surface area contributed by atoms with Crippen LogP contribution >= 0.6 is 23.2 Å². The van der Waals surface area contributed by atoms with E-state index in [0.717, 1.165) is 17.8 Å². The average molecular weight is 365 g/mol. The van der Waals surface area contributed by atoms with E-state index in [1.165, 1.54) is 12.5 Å². The van der Waals surface area contributed by atoms with E-state index in [1.54, 1.807) is 18.0 Å². The van der Waals surface area contributed by atoms with Crippen molar-refractivity contribution in [2.45, 2.75) is 26.4 Å². The third-order valence-electron chi connectivity index (χ3n) is 4.30. The summed E-state index contributed by atoms with van der Waals surface area (Å²) in [6, 6.07) is 13.8. The van der Waals surface area contributed by atoms with Crippen LogP contribution in [0.2, 0.25) is 10.0 Å². The highest BCUT2D eigenvalue weighted by molar-refractivity contribution is 6.42. The van der Waals surface area contributed by atoms with Crippen molar-refractivity contribution in [3.05, 3.63) is 63.6 Å². The molecule has 2 aromatic carbocycles. The largest absolute Gasteiger partial charge is 0.315 e. The van der Waals surface area contributed by atoms with Crippen molar-refractivity contribution in [3.63, 3.8) is 0 Å². The van der Waals surface area contributed by atoms with Crippen molar-refractivity contribution in [1.82, 2.24) is 4.90 Å². The van der Waals surface area contributed by atoms with Gasteiger partial charge in [0.25, 0.3) is 0 Å². The number of nitrogens with zero attached hydrogens (tertiary/aromatic N) is 2. The summed E-state index contributed by atoms with van der Waals surface area (Å²) in [6.07, 6.45) is 0. The van der Waals surface area contributed by atoms with Gasteiger partial charge in [-0.05, 0) is 31.7 Å². The van der Waals surface area contributed by atoms with Gasteiger partial charge in [-0.1, -0.05) is 53.5 Å². The summed E-state index contributed by atoms with van der Waals surface area (Å²) in [4.78, 5) is 15.6. The molecular weight excluding hydrogens is 343 g/mol. The van der Waals surface area contributed by atoms with Gasteiger partial charge >= 0.3 is 0 Å². The third kappa shape index (κ3) is 4.10. The van der Waals surface area contributed by atoms with Gasteiger partial charge < -0.3 is 4.90 Å². The van der Waals surface area contributed by atoms with Gasteiger partial charge in [0.1, 0.15) is 0 Å². The van der Waals surface area contributed by atoms with Gasteiger partial charge in [0, 0.05) is 37.8 Å². The molecule has 5 heteroatoms. The molecule has 0 aromatic heterocycles. The zero-order valence-electron chi connectivity index (χ0n) is 14.4. The van der Waals surface area contributed by atoms with Gasteiger partial charge in [-0.15, -0.1) is 0 Å². The van der Waals surface area contributed by atoms with Crippen LogP contribution in [-0.2, 0) is 11.3 Å². The zero-order valence-corrected chi connectivity index (χ0v) is 15.9. The summed E-state index contributed by atoms with van der Waals surface area (Å²) in [5.74, 6) is -0.0486. The van der Waals surface area contributed by atoms with E-state index in [4.69, 9.17) is 23.2 Å². The fraction of sp³-hybridized carbons (Fsp3) is 0.316. The third-order valence-corrected chi connectivity index (χ3v) is 5.12. The minimum atomic E-state index is -0.0486. The van der Waals surface area contributed by atoms with Gasteiger partial charge in [-0.25, -0.2) is 0 Å². The molecule has 1 amide bonds. The zero-order chi connectivity index (χ0) is 17.9. The van der Waals surface area contributed by atoms with Crippen LogP contribution in [0.5, 0.6) is 0 Å². The second-order valence-corrected chi connectivity index (χ2v) is 6.73. The smallest absolute Gasteiger partial charge is 0.223 e. The minimum Gasteiger partial charge on any atom is -0.315 e. The summed E-state index contributed by atoms with van der Waals surface area (Å²) in [6.45, 7) is 4.37. The Bertz CT molecular complexity index is 719. The first-order valence-corrected chi connectivity index (χ1v) is 8.55. The lowest BCUT2D eigenvalue weighted by Gasteiger charge is -2.30. The van der Waals surface area contributed by atoms with Crippen LogP contribution in [0.15, 0.2) is 42.5 Å². The fourth-order valence-electron chi connectivity index (χ4n) is 2.64. The monoisotopic (exact) mass is 364 g/mol. The standard InChI is InChI=1S/C19H22Cl2N2O/c1-13(22(3)12-15-8-6-5-7-9-15)18-17(23(4)14(2)24)11-10-16(20)19(18)21/h5-11,13H,12H2,1-4H3/t13-/m0/s1. The molecule has 3 nitrogen and oxygen atoms in total. The molecule has 0 fully saturated rings. The summed E-state index contributed by atoms with van der Waals surface area (Å²) in [5, 5.41) is 0.988. The van der Waals surface area contributed by atoms with Crippen molar-refractivity contribution in [1.29, 1.82) is 0 Å². The Balaban J connectivity index is 2.38. The number of hydrogen-bond donors (Lipinski definition) is 0. The Labute approximate surface area is 153 Å². The number of amides is 1. The number of carbonyl (C=O) groups excluding carboxylic acids is 1. The summed E-state index contributed by atoms with van der Waals surface area (Å²) in [7, 11) is 3.78. The highest BCUT2D eigenvalue weighted by Gasteiger charge is 2.23. The van der Waals surface area contributed by atoms with E-state index >= 15 is 0 Å². The van der Waals surface area contributed by atoms with E-state index in [-0.39, 0.29) is 11.9 Å². The number of rotatable bonds is 5. The van der Waals surface area contributed by atoms with Crippen LogP contribution in [0.4, 0.5) is 5.69 Å². The molecule has 2 aromatic rings. The first-order valence-electron chi connectivity index (χ1n) is 7.79. The second kappa shape index (κ2) is 8.02. The van der Waals surface area contributed by atoms with Crippen LogP contribution in [0, 0.1) is 0 Å². The van der Waals surface area contributed by atoms with Crippen LogP contribution < -0.4 is 4.90 Å². The average Bonchev–Trinajstić information content (AvgIpc) is 2.56. The number of carbonyl (C=O) groups is 1. The van der Waals surface area contributed by atoms with Crippen molar-refractivity contribution in [3.8, 4) is 0 Å². The Morgan fingerprint density at radius 1 is 1.08 bits per heavy atom. The van der Waals surface area contributed by atoms with Crippen LogP contribution in [0.1, 0.15) is 31.0 Å². The van der Waals surface area contributed by atoms with E-state index in [2.05, 4.69) is 24.0 Å². The predicted octanol–water partition coefficient (Wildman–Crippen LogP) is 5.17. The molecule has 0 unspecified atom stereocenters. The summed E-state index contributed by atoms with van der Waals surface area (Å²) < 4.78 is 0. The van der Waals surface area contributed by atoms with Crippen LogP contribution in [0.3, 0.4) is 0 Å². The van der Waals surface area contributed by atoms with Crippen molar-refractivity contribution >= 4 is 34.8 Å². The molecule has 128 valence electrons. The minimum absolute atomic E-state index is 0.00629. The molecule has 2 rings (SSSR count). The van der Waals surface area contributed by atoms with Crippen molar-refractivity contribution < 1.29 is 4.79 Å². The molecule has 0 saturated carbocycles. The van der Waals surface area contributed by atoms with Crippen molar-refractivity contribution in [2.75, 3.05) is 19.0 Å². The Morgan fingerprint density at radius 3 is 2.29 bits per heavy atom. The van der Waals surface area contributed by atoms with Gasteiger partial charge in [0.2, 0.25) is 5.91 Å². The molecule has 0 saturated heterocycles. The van der Waals surface area contributed by atoms with Gasteiger partial charge in [0.05, 0.1) is 10.0 Å². The number of halogens is 2. The molecule has 0 radical (unpaired) electrons. The molecule has 24 heavy (non-hydrogen) atoms. The lowest BCUT2D eigenvalue weighted by molar-refractivity contribution is -0.116. The molecular formula is C19H22Cl2N2O. The normalized spacial score (nSPS) is 12.3. The molecule has 0 aliphatic carbocycles. The Kier molecular flexibility index (Phi) is 6.27. The molecule has 0 bridgehead atoms. The Morgan fingerprint density at radius 2 is 1.71 bits per heavy atom. The maximum Gasteiger partial charge on any atom is 0.223 e. The molecule has 0 spiro atoms. The lowest BCUT2D eigenvalue weighted by Crippen LogP contribution is -2.28. The molecule has 1 atom stereocenters. The SMILES string of the molecule is CC(=O)N(C)c1ccc(Cl)c(Cl)c1[C@H](C)N(C)Cc1ccccc1. The molecule has 0 N–H and O–H groups in total. The molecule has 0 aliphatic rings. The highest BCUT2D eigenvalue weighted by atomic mass is 35.5. The second-order valence-electron chi connectivity index (χ2n) is 5.95. The molecule has 0 heterocycles. The van der Waals surface area contributed by atoms with Gasteiger partial charge in [-0.2, -0.15) is 0 Å². The molecule has 0 aliphatic heterocycles. The van der Waals surface area contributed by atoms with E-state index in [0.29, 0.717) is 10.0 Å². The van der Waals surface area contributed by atoms with Crippen molar-refractivity contribution in [2.24, 2.45) is 0 Å². The number of anilines is 1. The van der Waals surface area contributed by atoms with Gasteiger partial charge in [-0.3, -0.25) is 9.69 Å². The van der Waals surface area contributed by atoms with E-state index < -0.39 is 0 Å².